The molecule has 0 fully saturated rings. The normalized spacial score (nSPS) is 17.5. The lowest BCUT2D eigenvalue weighted by atomic mass is 9.85. The molecule has 1 N–H and O–H groups in total. The van der Waals surface area contributed by atoms with Crippen LogP contribution in [0, 0.1) is 0 Å². The summed E-state index contributed by atoms with van der Waals surface area (Å²) < 4.78 is 13.8. The zero-order chi connectivity index (χ0) is 20.7. The van der Waals surface area contributed by atoms with Gasteiger partial charge in [0.2, 0.25) is 0 Å². The van der Waals surface area contributed by atoms with Gasteiger partial charge in [-0.05, 0) is 54.2 Å². The number of methoxy groups -OCH3 is 1. The van der Waals surface area contributed by atoms with Crippen LogP contribution in [0.2, 0.25) is 0 Å². The molecule has 0 radical (unpaired) electrons. The van der Waals surface area contributed by atoms with Gasteiger partial charge in [0.25, 0.3) is 0 Å². The average Bonchev–Trinajstić information content (AvgIpc) is 3.10. The van der Waals surface area contributed by atoms with E-state index in [2.05, 4.69) is 46.7 Å². The van der Waals surface area contributed by atoms with Gasteiger partial charge in [-0.3, -0.25) is 4.90 Å². The van der Waals surface area contributed by atoms with Crippen molar-refractivity contribution in [3.63, 3.8) is 0 Å². The lowest BCUT2D eigenvalue weighted by molar-refractivity contribution is 0.145. The molecule has 2 aliphatic heterocycles. The molecule has 1 aromatic heterocycles. The van der Waals surface area contributed by atoms with Crippen molar-refractivity contribution < 1.29 is 14.6 Å². The van der Waals surface area contributed by atoms with Crippen molar-refractivity contribution in [3.8, 4) is 11.5 Å². The Morgan fingerprint density at radius 3 is 2.77 bits per heavy atom. The van der Waals surface area contributed by atoms with Gasteiger partial charge in [0, 0.05) is 30.2 Å². The molecule has 5 rings (SSSR count). The Morgan fingerprint density at radius 1 is 1.16 bits per heavy atom. The number of fused-ring (bicyclic) bond motifs is 6. The molecule has 1 unspecified atom stereocenters. The average molecular weight is 423 g/mol. The predicted octanol–water partition coefficient (Wildman–Crippen LogP) is 5.07. The molecule has 166 valence electrons. The van der Waals surface area contributed by atoms with Crippen molar-refractivity contribution in [2.24, 2.45) is 0 Å². The Bertz CT molecular complexity index is 1070. The van der Waals surface area contributed by atoms with E-state index >= 15 is 0 Å². The zero-order valence-corrected chi connectivity index (χ0v) is 17.9. The maximum absolute atomic E-state index is 10.0. The summed E-state index contributed by atoms with van der Waals surface area (Å²) in [4.78, 5) is 2.55. The van der Waals surface area contributed by atoms with E-state index in [4.69, 9.17) is 9.47 Å². The van der Waals surface area contributed by atoms with Gasteiger partial charge in [-0.25, -0.2) is 0 Å². The van der Waals surface area contributed by atoms with Crippen LogP contribution in [0.3, 0.4) is 0 Å². The third kappa shape index (κ3) is 3.60. The largest absolute Gasteiger partial charge is 0.493 e. The minimum atomic E-state index is 0. The van der Waals surface area contributed by atoms with E-state index in [9.17, 15) is 5.11 Å². The molecule has 0 spiro atoms. The highest BCUT2D eigenvalue weighted by Crippen LogP contribution is 2.44. The fourth-order valence-corrected chi connectivity index (χ4v) is 5.17. The highest BCUT2D eigenvalue weighted by molar-refractivity contribution is 5.86. The van der Waals surface area contributed by atoms with E-state index in [1.165, 1.54) is 27.8 Å². The summed E-state index contributed by atoms with van der Waals surface area (Å²) in [6.07, 6.45) is 4.13. The highest BCUT2D eigenvalue weighted by Gasteiger charge is 2.35. The van der Waals surface area contributed by atoms with Crippen LogP contribution in [0.4, 0.5) is 0 Å². The monoisotopic (exact) mass is 422 g/mol. The number of benzene rings is 2. The molecule has 3 aromatic rings. The summed E-state index contributed by atoms with van der Waals surface area (Å²) in [5, 5.41) is 11.3. The van der Waals surface area contributed by atoms with E-state index in [0.717, 1.165) is 62.4 Å². The first-order valence-electron chi connectivity index (χ1n) is 11.0. The standard InChI is InChI=1S/C25H30N2O3.CH4/c1-3-4-11-30-25-12-17-9-10-26-15-23-20(13-22(26)19(17)14-24(25)29-2)18-7-5-6-8-21(18)27(23)16-28;/h5-8,12,14,22,28H,3-4,9-11,13,15-16H2,1-2H3;1H4. The van der Waals surface area contributed by atoms with E-state index in [-0.39, 0.29) is 14.2 Å². The topological polar surface area (TPSA) is 46.9 Å². The van der Waals surface area contributed by atoms with Gasteiger partial charge in [-0.1, -0.05) is 39.0 Å². The van der Waals surface area contributed by atoms with E-state index in [0.29, 0.717) is 6.04 Å². The molecule has 0 amide bonds. The zero-order valence-electron chi connectivity index (χ0n) is 17.9. The Kier molecular flexibility index (Phi) is 6.26. The van der Waals surface area contributed by atoms with Crippen molar-refractivity contribution in [1.82, 2.24) is 9.47 Å². The fourth-order valence-electron chi connectivity index (χ4n) is 5.17. The van der Waals surface area contributed by atoms with Crippen LogP contribution in [0.1, 0.15) is 55.6 Å². The number of aliphatic hydroxyl groups excluding tert-OH is 1. The summed E-state index contributed by atoms with van der Waals surface area (Å²) in [5.41, 5.74) is 6.48. The number of nitrogens with zero attached hydrogens (tertiary/aromatic N) is 2. The molecule has 2 aromatic carbocycles. The van der Waals surface area contributed by atoms with Crippen molar-refractivity contribution in [2.75, 3.05) is 20.3 Å². The maximum atomic E-state index is 10.0. The maximum Gasteiger partial charge on any atom is 0.161 e. The molecule has 31 heavy (non-hydrogen) atoms. The van der Waals surface area contributed by atoms with Gasteiger partial charge in [0.05, 0.1) is 19.2 Å². The molecular formula is C26H34N2O3. The molecule has 0 bridgehead atoms. The van der Waals surface area contributed by atoms with E-state index in [1.807, 2.05) is 6.07 Å². The van der Waals surface area contributed by atoms with Crippen molar-refractivity contribution in [3.05, 3.63) is 58.8 Å². The summed E-state index contributed by atoms with van der Waals surface area (Å²) in [6, 6.07) is 13.2. The quantitative estimate of drug-likeness (QED) is 0.564. The molecule has 5 nitrogen and oxygen atoms in total. The van der Waals surface area contributed by atoms with Gasteiger partial charge in [-0.15, -0.1) is 0 Å². The fraction of sp³-hybridized carbons (Fsp3) is 0.462. The first kappa shape index (κ1) is 21.7. The van der Waals surface area contributed by atoms with Crippen LogP contribution in [-0.4, -0.2) is 34.8 Å². The number of unbranched alkanes of at least 4 members (excludes halogenated alkanes) is 1. The molecular weight excluding hydrogens is 388 g/mol. The predicted molar refractivity (Wildman–Crippen MR) is 125 cm³/mol. The van der Waals surface area contributed by atoms with Gasteiger partial charge in [0.15, 0.2) is 11.5 Å². The third-order valence-electron chi connectivity index (χ3n) is 6.73. The molecule has 0 saturated heterocycles. The number of hydrogen-bond donors (Lipinski definition) is 1. The van der Waals surface area contributed by atoms with Crippen LogP contribution in [0.15, 0.2) is 36.4 Å². The molecule has 5 heteroatoms. The Balaban J connectivity index is 0.00000231. The van der Waals surface area contributed by atoms with Crippen LogP contribution >= 0.6 is 0 Å². The van der Waals surface area contributed by atoms with Crippen molar-refractivity contribution in [1.29, 1.82) is 0 Å². The van der Waals surface area contributed by atoms with Gasteiger partial charge in [0.1, 0.15) is 6.73 Å². The van der Waals surface area contributed by atoms with Crippen LogP contribution in [-0.2, 0) is 26.1 Å². The van der Waals surface area contributed by atoms with Crippen LogP contribution < -0.4 is 9.47 Å². The number of rotatable bonds is 6. The minimum Gasteiger partial charge on any atom is -0.493 e. The Morgan fingerprint density at radius 2 is 2.00 bits per heavy atom. The number of para-hydroxylation sites is 1. The second kappa shape index (κ2) is 8.93. The summed E-state index contributed by atoms with van der Waals surface area (Å²) in [5.74, 6) is 1.70. The first-order valence-corrected chi connectivity index (χ1v) is 11.0. The number of aromatic nitrogens is 1. The highest BCUT2D eigenvalue weighted by atomic mass is 16.5. The Hall–Kier alpha value is -2.50. The summed E-state index contributed by atoms with van der Waals surface area (Å²) >= 11 is 0. The molecule has 3 heterocycles. The van der Waals surface area contributed by atoms with Crippen molar-refractivity contribution >= 4 is 10.9 Å². The summed E-state index contributed by atoms with van der Waals surface area (Å²) in [6.45, 7) is 4.81. The molecule has 1 atom stereocenters. The SMILES string of the molecule is C.CCCCOc1cc2c(cc1OC)C1Cc3c(n(CO)c4ccccc34)CN1CC2. The van der Waals surface area contributed by atoms with Crippen molar-refractivity contribution in [2.45, 2.75) is 59.4 Å². The molecule has 0 aliphatic carbocycles. The molecule has 0 saturated carbocycles. The lowest BCUT2D eigenvalue weighted by Gasteiger charge is -2.41. The number of aliphatic hydroxyl groups is 1. The smallest absolute Gasteiger partial charge is 0.161 e. The number of ether oxygens (including phenoxy) is 2. The first-order chi connectivity index (χ1) is 14.7. The third-order valence-corrected chi connectivity index (χ3v) is 6.73. The summed E-state index contributed by atoms with van der Waals surface area (Å²) in [7, 11) is 1.73. The second-order valence-electron chi connectivity index (χ2n) is 8.36. The van der Waals surface area contributed by atoms with Crippen LogP contribution in [0.5, 0.6) is 11.5 Å². The minimum absolute atomic E-state index is 0. The number of hydrogen-bond acceptors (Lipinski definition) is 4. The molecule has 2 aliphatic rings. The lowest BCUT2D eigenvalue weighted by Crippen LogP contribution is -2.39. The van der Waals surface area contributed by atoms with Gasteiger partial charge in [-0.2, -0.15) is 0 Å². The van der Waals surface area contributed by atoms with Gasteiger partial charge < -0.3 is 19.1 Å². The van der Waals surface area contributed by atoms with E-state index in [1.54, 1.807) is 7.11 Å². The van der Waals surface area contributed by atoms with Crippen LogP contribution in [0.25, 0.3) is 10.9 Å². The Labute approximate surface area is 185 Å². The second-order valence-corrected chi connectivity index (χ2v) is 8.36. The van der Waals surface area contributed by atoms with E-state index < -0.39 is 0 Å². The van der Waals surface area contributed by atoms with Gasteiger partial charge >= 0.3 is 0 Å².